The van der Waals surface area contributed by atoms with Gasteiger partial charge in [0.1, 0.15) is 0 Å². The molecular weight excluding hydrogens is 87.5 g/mol. The number of halogens is 1. The van der Waals surface area contributed by atoms with E-state index in [9.17, 15) is 0 Å². The zero-order valence-electron chi connectivity index (χ0n) is 3.09. The minimum absolute atomic E-state index is 0.851. The van der Waals surface area contributed by atoms with Crippen LogP contribution in [0.4, 0.5) is 0 Å². The van der Waals surface area contributed by atoms with Crippen molar-refractivity contribution >= 4 is 11.8 Å². The Morgan fingerprint density at radius 1 is 1.80 bits per heavy atom. The van der Waals surface area contributed by atoms with E-state index in [1.807, 2.05) is 6.92 Å². The van der Waals surface area contributed by atoms with Crippen LogP contribution in [0.1, 0.15) is 6.92 Å². The van der Waals surface area contributed by atoms with Crippen molar-refractivity contribution < 1.29 is 0 Å². The van der Waals surface area contributed by atoms with Crippen molar-refractivity contribution in [3.05, 3.63) is 0 Å². The van der Waals surface area contributed by atoms with E-state index in [-0.39, 0.29) is 0 Å². The molecule has 0 aliphatic carbocycles. The van der Waals surface area contributed by atoms with Crippen molar-refractivity contribution in [1.29, 1.82) is 0 Å². The molecule has 0 aromatic heterocycles. The SMILES string of the molecule is CCNNCl. The van der Waals surface area contributed by atoms with Gasteiger partial charge in [-0.25, -0.2) is 5.43 Å². The van der Waals surface area contributed by atoms with Gasteiger partial charge in [-0.05, 0) is 11.8 Å². The van der Waals surface area contributed by atoms with Gasteiger partial charge >= 0.3 is 0 Å². The Kier molecular flexibility index (Phi) is 4.39. The van der Waals surface area contributed by atoms with Crippen LogP contribution >= 0.6 is 11.8 Å². The zero-order valence-corrected chi connectivity index (χ0v) is 3.84. The second-order valence-electron chi connectivity index (χ2n) is 0.625. The molecule has 0 unspecified atom stereocenters. The van der Waals surface area contributed by atoms with E-state index in [2.05, 4.69) is 10.4 Å². The third-order valence-electron chi connectivity index (χ3n) is 0.244. The molecule has 32 valence electrons. The first kappa shape index (κ1) is 5.21. The molecule has 0 bridgehead atoms. The summed E-state index contributed by atoms with van der Waals surface area (Å²) >= 11 is 4.94. The lowest BCUT2D eigenvalue weighted by molar-refractivity contribution is 0.711. The van der Waals surface area contributed by atoms with Gasteiger partial charge in [-0.15, -0.1) is 0 Å². The Hall–Kier alpha value is 0.210. The van der Waals surface area contributed by atoms with E-state index in [4.69, 9.17) is 11.8 Å². The lowest BCUT2D eigenvalue weighted by Crippen LogP contribution is -2.21. The summed E-state index contributed by atoms with van der Waals surface area (Å²) in [5, 5.41) is 0. The Bertz CT molecular complexity index is 15.1. The molecule has 0 rings (SSSR count). The molecule has 3 heteroatoms. The molecule has 2 N–H and O–H groups in total. The molecule has 0 amide bonds. The number of rotatable bonds is 2. The van der Waals surface area contributed by atoms with Gasteiger partial charge in [0.05, 0.1) is 0 Å². The zero-order chi connectivity index (χ0) is 4.12. The third kappa shape index (κ3) is 4.21. The average molecular weight is 94.5 g/mol. The van der Waals surface area contributed by atoms with Gasteiger partial charge in [0.2, 0.25) is 0 Å². The van der Waals surface area contributed by atoms with Gasteiger partial charge in [0.15, 0.2) is 0 Å². The van der Waals surface area contributed by atoms with Crippen LogP contribution < -0.4 is 10.4 Å². The average Bonchev–Trinajstić information content (AvgIpc) is 1.41. The molecule has 5 heavy (non-hydrogen) atoms. The highest BCUT2D eigenvalue weighted by atomic mass is 35.5. The molecule has 0 radical (unpaired) electrons. The molecule has 0 heterocycles. The molecule has 0 saturated heterocycles. The molecule has 0 aromatic carbocycles. The molecule has 0 fully saturated rings. The van der Waals surface area contributed by atoms with Crippen molar-refractivity contribution in [3.63, 3.8) is 0 Å². The van der Waals surface area contributed by atoms with Gasteiger partial charge in [-0.1, -0.05) is 6.92 Å². The monoisotopic (exact) mass is 94.0 g/mol. The molecule has 2 nitrogen and oxygen atoms in total. The van der Waals surface area contributed by atoms with Crippen molar-refractivity contribution in [2.75, 3.05) is 6.54 Å². The van der Waals surface area contributed by atoms with Crippen LogP contribution in [0.2, 0.25) is 0 Å². The Labute approximate surface area is 36.6 Å². The summed E-state index contributed by atoms with van der Waals surface area (Å²) in [6.45, 7) is 2.80. The summed E-state index contributed by atoms with van der Waals surface area (Å²) in [5.74, 6) is 0. The Balaban J connectivity index is 2.19. The van der Waals surface area contributed by atoms with Crippen LogP contribution in [-0.2, 0) is 0 Å². The maximum absolute atomic E-state index is 4.94. The largest absolute Gasteiger partial charge is 0.244 e. The summed E-state index contributed by atoms with van der Waals surface area (Å²) in [6, 6.07) is 0. The van der Waals surface area contributed by atoms with E-state index < -0.39 is 0 Å². The lowest BCUT2D eigenvalue weighted by Gasteiger charge is -1.86. The second-order valence-corrected chi connectivity index (χ2v) is 0.814. The molecule has 0 saturated carbocycles. The Morgan fingerprint density at radius 2 is 2.40 bits per heavy atom. The summed E-state index contributed by atoms with van der Waals surface area (Å²) in [5.41, 5.74) is 2.63. The van der Waals surface area contributed by atoms with E-state index in [0.717, 1.165) is 6.54 Å². The fourth-order valence-corrected chi connectivity index (χ4v) is 0.200. The van der Waals surface area contributed by atoms with Gasteiger partial charge in [-0.2, -0.15) is 4.94 Å². The standard InChI is InChI=1S/C2H7ClN2/c1-2-4-5-3/h4-5H,2H2,1H3. The van der Waals surface area contributed by atoms with Gasteiger partial charge < -0.3 is 0 Å². The predicted molar refractivity (Wildman–Crippen MR) is 22.7 cm³/mol. The molecular formula is C2H7ClN2. The fraction of sp³-hybridized carbons (Fsp3) is 1.00. The highest BCUT2D eigenvalue weighted by Gasteiger charge is 1.61. The number of nitrogens with one attached hydrogen (secondary N) is 2. The minimum Gasteiger partial charge on any atom is -0.244 e. The van der Waals surface area contributed by atoms with Crippen molar-refractivity contribution in [3.8, 4) is 0 Å². The van der Waals surface area contributed by atoms with Crippen molar-refractivity contribution in [2.24, 2.45) is 0 Å². The highest BCUT2D eigenvalue weighted by Crippen LogP contribution is 1.48. The lowest BCUT2D eigenvalue weighted by atomic mass is 10.8. The number of hydrazine groups is 1. The van der Waals surface area contributed by atoms with Crippen LogP contribution in [0.3, 0.4) is 0 Å². The molecule has 0 aromatic rings. The van der Waals surface area contributed by atoms with Crippen LogP contribution in [0.25, 0.3) is 0 Å². The summed E-state index contributed by atoms with van der Waals surface area (Å²) in [4.78, 5) is 2.24. The van der Waals surface area contributed by atoms with E-state index in [1.54, 1.807) is 0 Å². The maximum Gasteiger partial charge on any atom is 0.00837 e. The quantitative estimate of drug-likeness (QED) is 0.379. The number of hydrogen-bond donors (Lipinski definition) is 2. The van der Waals surface area contributed by atoms with Crippen LogP contribution in [0.5, 0.6) is 0 Å². The predicted octanol–water partition coefficient (Wildman–Crippen LogP) is 0.254. The first-order valence-corrected chi connectivity index (χ1v) is 1.88. The van der Waals surface area contributed by atoms with Crippen LogP contribution in [-0.4, -0.2) is 6.54 Å². The van der Waals surface area contributed by atoms with E-state index >= 15 is 0 Å². The molecule has 0 spiro atoms. The van der Waals surface area contributed by atoms with Crippen molar-refractivity contribution in [2.45, 2.75) is 6.92 Å². The smallest absolute Gasteiger partial charge is 0.00837 e. The summed E-state index contributed by atoms with van der Waals surface area (Å²) < 4.78 is 0. The third-order valence-corrected chi connectivity index (χ3v) is 0.377. The molecule has 0 aliphatic rings. The topological polar surface area (TPSA) is 24.1 Å². The van der Waals surface area contributed by atoms with Gasteiger partial charge in [0, 0.05) is 6.54 Å². The number of hydrogen-bond acceptors (Lipinski definition) is 2. The van der Waals surface area contributed by atoms with Gasteiger partial charge in [0.25, 0.3) is 0 Å². The second kappa shape index (κ2) is 4.21. The first-order chi connectivity index (χ1) is 2.41. The normalized spacial score (nSPS) is 8.40. The summed E-state index contributed by atoms with van der Waals surface area (Å²) in [7, 11) is 0. The molecule has 0 atom stereocenters. The highest BCUT2D eigenvalue weighted by molar-refractivity contribution is 6.13. The molecule has 0 aliphatic heterocycles. The fourth-order valence-electron chi connectivity index (χ4n) is 0.0668. The first-order valence-electron chi connectivity index (χ1n) is 1.50. The van der Waals surface area contributed by atoms with Crippen molar-refractivity contribution in [1.82, 2.24) is 10.4 Å². The summed E-state index contributed by atoms with van der Waals surface area (Å²) in [6.07, 6.45) is 0. The van der Waals surface area contributed by atoms with E-state index in [1.165, 1.54) is 0 Å². The minimum atomic E-state index is 0.851. The van der Waals surface area contributed by atoms with E-state index in [0.29, 0.717) is 0 Å². The maximum atomic E-state index is 4.94. The van der Waals surface area contributed by atoms with Gasteiger partial charge in [-0.3, -0.25) is 0 Å². The Morgan fingerprint density at radius 3 is 2.40 bits per heavy atom. The van der Waals surface area contributed by atoms with Crippen LogP contribution in [0, 0.1) is 0 Å². The van der Waals surface area contributed by atoms with Crippen LogP contribution in [0.15, 0.2) is 0 Å².